The first kappa shape index (κ1) is 13.5. The summed E-state index contributed by atoms with van der Waals surface area (Å²) < 4.78 is 5.12. The maximum absolute atomic E-state index is 10.0. The largest absolute Gasteiger partial charge is 0.507 e. The van der Waals surface area contributed by atoms with Crippen LogP contribution < -0.4 is 0 Å². The number of hydrogen-bond acceptors (Lipinski definition) is 2. The highest BCUT2D eigenvalue weighted by Crippen LogP contribution is 2.34. The predicted octanol–water partition coefficient (Wildman–Crippen LogP) is 4.64. The first-order valence-corrected chi connectivity index (χ1v) is 6.23. The summed E-state index contributed by atoms with van der Waals surface area (Å²) in [6.45, 7) is 5.68. The van der Waals surface area contributed by atoms with Crippen LogP contribution in [0.3, 0.4) is 0 Å². The quantitative estimate of drug-likeness (QED) is 0.827. The van der Waals surface area contributed by atoms with Gasteiger partial charge in [-0.25, -0.2) is 0 Å². The molecular formula is C16H15ClO2. The molecule has 2 rings (SSSR count). The Bertz CT molecular complexity index is 633. The minimum absolute atomic E-state index is 0.210. The second-order valence-corrected chi connectivity index (χ2v) is 4.73. The number of hydrogen-bond donors (Lipinski definition) is 1. The van der Waals surface area contributed by atoms with Gasteiger partial charge in [-0.15, -0.1) is 0 Å². The van der Waals surface area contributed by atoms with E-state index in [2.05, 4.69) is 6.58 Å². The number of aromatic hydroxyl groups is 1. The SMILES string of the molecule is C=C(OC)c1cccc(-c2cc(Cl)c(C)cc2O)c1. The molecule has 0 aliphatic rings. The van der Waals surface area contributed by atoms with Crippen molar-refractivity contribution >= 4 is 17.4 Å². The van der Waals surface area contributed by atoms with Crippen molar-refractivity contribution in [2.24, 2.45) is 0 Å². The lowest BCUT2D eigenvalue weighted by atomic mass is 10.0. The van der Waals surface area contributed by atoms with Gasteiger partial charge in [-0.2, -0.15) is 0 Å². The van der Waals surface area contributed by atoms with Gasteiger partial charge in [0.15, 0.2) is 0 Å². The Morgan fingerprint density at radius 1 is 1.26 bits per heavy atom. The van der Waals surface area contributed by atoms with Crippen LogP contribution in [0, 0.1) is 6.92 Å². The van der Waals surface area contributed by atoms with Crippen molar-refractivity contribution in [3.63, 3.8) is 0 Å². The highest BCUT2D eigenvalue weighted by Gasteiger charge is 2.09. The van der Waals surface area contributed by atoms with E-state index in [1.807, 2.05) is 31.2 Å². The van der Waals surface area contributed by atoms with Gasteiger partial charge in [0.1, 0.15) is 11.5 Å². The highest BCUT2D eigenvalue weighted by molar-refractivity contribution is 6.31. The number of phenolic OH excluding ortho intramolecular Hbond substituents is 1. The summed E-state index contributed by atoms with van der Waals surface area (Å²) in [4.78, 5) is 0. The normalized spacial score (nSPS) is 10.3. The molecule has 0 unspecified atom stereocenters. The molecule has 0 aliphatic heterocycles. The number of ether oxygens (including phenoxy) is 1. The van der Waals surface area contributed by atoms with Crippen molar-refractivity contribution in [1.82, 2.24) is 0 Å². The molecule has 0 saturated heterocycles. The zero-order valence-corrected chi connectivity index (χ0v) is 11.7. The molecule has 0 saturated carbocycles. The van der Waals surface area contributed by atoms with Crippen LogP contribution >= 0.6 is 11.6 Å². The van der Waals surface area contributed by atoms with Crippen molar-refractivity contribution in [3.05, 3.63) is 59.1 Å². The molecule has 0 fully saturated rings. The molecule has 1 N–H and O–H groups in total. The van der Waals surface area contributed by atoms with E-state index in [1.165, 1.54) is 0 Å². The van der Waals surface area contributed by atoms with Gasteiger partial charge < -0.3 is 9.84 Å². The van der Waals surface area contributed by atoms with E-state index in [1.54, 1.807) is 19.2 Å². The van der Waals surface area contributed by atoms with Gasteiger partial charge in [0, 0.05) is 16.1 Å². The van der Waals surface area contributed by atoms with E-state index in [4.69, 9.17) is 16.3 Å². The third-order valence-corrected chi connectivity index (χ3v) is 3.43. The summed E-state index contributed by atoms with van der Waals surface area (Å²) in [5.41, 5.74) is 3.29. The second-order valence-electron chi connectivity index (χ2n) is 4.33. The second kappa shape index (κ2) is 5.37. The van der Waals surface area contributed by atoms with Crippen LogP contribution in [0.15, 0.2) is 43.0 Å². The molecule has 0 aliphatic carbocycles. The summed E-state index contributed by atoms with van der Waals surface area (Å²) in [6, 6.07) is 11.0. The highest BCUT2D eigenvalue weighted by atomic mass is 35.5. The summed E-state index contributed by atoms with van der Waals surface area (Å²) in [5.74, 6) is 0.793. The Morgan fingerprint density at radius 2 is 2.00 bits per heavy atom. The summed E-state index contributed by atoms with van der Waals surface area (Å²) in [5, 5.41) is 10.7. The molecule has 2 nitrogen and oxygen atoms in total. The summed E-state index contributed by atoms with van der Waals surface area (Å²) >= 11 is 6.11. The number of benzene rings is 2. The average Bonchev–Trinajstić information content (AvgIpc) is 2.42. The lowest BCUT2D eigenvalue weighted by molar-refractivity contribution is 0.371. The van der Waals surface area contributed by atoms with Crippen molar-refractivity contribution < 1.29 is 9.84 Å². The molecular weight excluding hydrogens is 260 g/mol. The molecule has 0 heterocycles. The average molecular weight is 275 g/mol. The zero-order chi connectivity index (χ0) is 14.0. The minimum atomic E-state index is 0.210. The van der Waals surface area contributed by atoms with Gasteiger partial charge in [0.2, 0.25) is 0 Å². The van der Waals surface area contributed by atoms with Gasteiger partial charge >= 0.3 is 0 Å². The molecule has 0 amide bonds. The number of phenols is 1. The van der Waals surface area contributed by atoms with Gasteiger partial charge in [-0.3, -0.25) is 0 Å². The Morgan fingerprint density at radius 3 is 2.68 bits per heavy atom. The van der Waals surface area contributed by atoms with Gasteiger partial charge in [-0.05, 0) is 36.2 Å². The van der Waals surface area contributed by atoms with E-state index >= 15 is 0 Å². The van der Waals surface area contributed by atoms with Crippen LogP contribution in [0.25, 0.3) is 16.9 Å². The topological polar surface area (TPSA) is 29.5 Å². The van der Waals surface area contributed by atoms with Crippen LogP contribution in [0.2, 0.25) is 5.02 Å². The maximum Gasteiger partial charge on any atom is 0.123 e. The van der Waals surface area contributed by atoms with Crippen LogP contribution in [-0.2, 0) is 4.74 Å². The van der Waals surface area contributed by atoms with Crippen molar-refractivity contribution in [3.8, 4) is 16.9 Å². The summed E-state index contributed by atoms with van der Waals surface area (Å²) in [7, 11) is 1.58. The van der Waals surface area contributed by atoms with Crippen LogP contribution in [0.5, 0.6) is 5.75 Å². The molecule has 0 radical (unpaired) electrons. The van der Waals surface area contributed by atoms with E-state index in [9.17, 15) is 5.11 Å². The minimum Gasteiger partial charge on any atom is -0.507 e. The summed E-state index contributed by atoms with van der Waals surface area (Å²) in [6.07, 6.45) is 0. The molecule has 98 valence electrons. The molecule has 2 aromatic rings. The van der Waals surface area contributed by atoms with E-state index in [0.29, 0.717) is 16.3 Å². The molecule has 0 aromatic heterocycles. The molecule has 0 atom stereocenters. The first-order valence-electron chi connectivity index (χ1n) is 5.85. The third kappa shape index (κ3) is 2.74. The Kier molecular flexibility index (Phi) is 3.82. The van der Waals surface area contributed by atoms with E-state index in [0.717, 1.165) is 16.7 Å². The lowest BCUT2D eigenvalue weighted by Crippen LogP contribution is -1.88. The van der Waals surface area contributed by atoms with Gasteiger partial charge in [0.25, 0.3) is 0 Å². The number of halogens is 1. The van der Waals surface area contributed by atoms with Crippen LogP contribution in [-0.4, -0.2) is 12.2 Å². The van der Waals surface area contributed by atoms with Crippen molar-refractivity contribution in [2.75, 3.05) is 7.11 Å². The fraction of sp³-hybridized carbons (Fsp3) is 0.125. The third-order valence-electron chi connectivity index (χ3n) is 3.02. The number of rotatable bonds is 3. The predicted molar refractivity (Wildman–Crippen MR) is 79.3 cm³/mol. The van der Waals surface area contributed by atoms with Gasteiger partial charge in [0.05, 0.1) is 7.11 Å². The van der Waals surface area contributed by atoms with Crippen molar-refractivity contribution in [1.29, 1.82) is 0 Å². The number of aryl methyl sites for hydroxylation is 1. The standard InChI is InChI=1S/C16H15ClO2/c1-10-7-16(18)14(9-15(10)17)13-6-4-5-12(8-13)11(2)19-3/h4-9,18H,2H2,1,3H3. The zero-order valence-electron chi connectivity index (χ0n) is 10.9. The fourth-order valence-electron chi connectivity index (χ4n) is 1.88. The molecule has 2 aromatic carbocycles. The Labute approximate surface area is 117 Å². The van der Waals surface area contributed by atoms with E-state index < -0.39 is 0 Å². The van der Waals surface area contributed by atoms with Crippen LogP contribution in [0.4, 0.5) is 0 Å². The van der Waals surface area contributed by atoms with E-state index in [-0.39, 0.29) is 5.75 Å². The first-order chi connectivity index (χ1) is 9.02. The molecule has 0 bridgehead atoms. The smallest absolute Gasteiger partial charge is 0.123 e. The monoisotopic (exact) mass is 274 g/mol. The van der Waals surface area contributed by atoms with Crippen molar-refractivity contribution in [2.45, 2.75) is 6.92 Å². The number of methoxy groups -OCH3 is 1. The maximum atomic E-state index is 10.0. The fourth-order valence-corrected chi connectivity index (χ4v) is 2.04. The van der Waals surface area contributed by atoms with Crippen LogP contribution in [0.1, 0.15) is 11.1 Å². The van der Waals surface area contributed by atoms with Gasteiger partial charge in [-0.1, -0.05) is 36.4 Å². The lowest BCUT2D eigenvalue weighted by Gasteiger charge is -2.10. The molecule has 19 heavy (non-hydrogen) atoms. The molecule has 0 spiro atoms. The Balaban J connectivity index is 2.53. The Hall–Kier alpha value is -1.93. The molecule has 3 heteroatoms.